The smallest absolute Gasteiger partial charge is 0.125 e. The molecule has 2 aromatic heterocycles. The highest BCUT2D eigenvalue weighted by Crippen LogP contribution is 2.03. The summed E-state index contributed by atoms with van der Waals surface area (Å²) in [5.41, 5.74) is 22.4. The lowest BCUT2D eigenvalue weighted by Gasteiger charge is -1.90. The van der Waals surface area contributed by atoms with Gasteiger partial charge in [0.25, 0.3) is 0 Å². The molecule has 0 fully saturated rings. The van der Waals surface area contributed by atoms with E-state index in [2.05, 4.69) is 9.97 Å². The van der Waals surface area contributed by atoms with Crippen LogP contribution in [0.2, 0.25) is 0 Å². The molecule has 0 saturated carbocycles. The first-order chi connectivity index (χ1) is 7.58. The number of aromatic nitrogens is 2. The van der Waals surface area contributed by atoms with Gasteiger partial charge in [-0.15, -0.1) is 0 Å². The highest BCUT2D eigenvalue weighted by molar-refractivity contribution is 5.47. The number of anilines is 4. The summed E-state index contributed by atoms with van der Waals surface area (Å²) < 4.78 is 0. The second-order valence-electron chi connectivity index (χ2n) is 3.04. The molecule has 2 rings (SSSR count). The number of rotatable bonds is 0. The molecular formula is C10H14N6. The molecule has 0 spiro atoms. The molecule has 6 heteroatoms. The molecule has 0 atom stereocenters. The summed E-state index contributed by atoms with van der Waals surface area (Å²) in [6.45, 7) is 0. The Morgan fingerprint density at radius 1 is 0.812 bits per heavy atom. The lowest BCUT2D eigenvalue weighted by Crippen LogP contribution is -1.93. The lowest BCUT2D eigenvalue weighted by molar-refractivity contribution is 1.34. The number of hydrogen-bond donors (Lipinski definition) is 4. The number of nitrogens with two attached hydrogens (primary N) is 4. The van der Waals surface area contributed by atoms with Gasteiger partial charge in [-0.3, -0.25) is 4.98 Å². The van der Waals surface area contributed by atoms with Gasteiger partial charge in [0.05, 0.1) is 11.4 Å². The monoisotopic (exact) mass is 218 g/mol. The van der Waals surface area contributed by atoms with Crippen LogP contribution in [-0.2, 0) is 0 Å². The SMILES string of the molecule is Nc1cccc(N)n1.Nc1cncc(N)c1. The average Bonchev–Trinajstić information content (AvgIpc) is 2.17. The van der Waals surface area contributed by atoms with Gasteiger partial charge in [-0.05, 0) is 18.2 Å². The normalized spacial score (nSPS) is 9.00. The molecule has 0 saturated heterocycles. The van der Waals surface area contributed by atoms with Crippen LogP contribution in [-0.4, -0.2) is 9.97 Å². The van der Waals surface area contributed by atoms with E-state index >= 15 is 0 Å². The van der Waals surface area contributed by atoms with Gasteiger partial charge in [-0.2, -0.15) is 0 Å². The molecule has 0 radical (unpaired) electrons. The van der Waals surface area contributed by atoms with E-state index in [9.17, 15) is 0 Å². The van der Waals surface area contributed by atoms with Gasteiger partial charge in [-0.1, -0.05) is 6.07 Å². The fourth-order valence-electron chi connectivity index (χ4n) is 0.945. The Labute approximate surface area is 93.3 Å². The zero-order chi connectivity index (χ0) is 12.0. The summed E-state index contributed by atoms with van der Waals surface area (Å²) in [6, 6.07) is 6.80. The zero-order valence-electron chi connectivity index (χ0n) is 8.67. The first kappa shape index (κ1) is 11.6. The van der Waals surface area contributed by atoms with Gasteiger partial charge in [0.1, 0.15) is 11.6 Å². The minimum atomic E-state index is 0.463. The molecule has 84 valence electrons. The van der Waals surface area contributed by atoms with E-state index in [4.69, 9.17) is 22.9 Å². The van der Waals surface area contributed by atoms with Crippen molar-refractivity contribution in [3.63, 3.8) is 0 Å². The Balaban J connectivity index is 0.000000160. The number of hydrogen-bond acceptors (Lipinski definition) is 6. The van der Waals surface area contributed by atoms with Crippen LogP contribution in [0.15, 0.2) is 36.7 Å². The van der Waals surface area contributed by atoms with Crippen molar-refractivity contribution in [3.8, 4) is 0 Å². The summed E-state index contributed by atoms with van der Waals surface area (Å²) >= 11 is 0. The Bertz CT molecular complexity index is 379. The van der Waals surface area contributed by atoms with Crippen molar-refractivity contribution in [2.45, 2.75) is 0 Å². The standard InChI is InChI=1S/2C5H7N3/c6-4-1-5(7)3-8-2-4;6-4-2-1-3-5(7)8-4/h1-3H,6-7H2;1-3H,(H4,6,7,8). The van der Waals surface area contributed by atoms with Crippen LogP contribution >= 0.6 is 0 Å². The molecule has 2 aromatic rings. The summed E-state index contributed by atoms with van der Waals surface area (Å²) in [5, 5.41) is 0. The van der Waals surface area contributed by atoms with Crippen LogP contribution in [0.1, 0.15) is 0 Å². The van der Waals surface area contributed by atoms with Crippen LogP contribution in [0, 0.1) is 0 Å². The van der Waals surface area contributed by atoms with E-state index in [1.165, 1.54) is 0 Å². The third-order valence-corrected chi connectivity index (χ3v) is 1.57. The Kier molecular flexibility index (Phi) is 3.90. The summed E-state index contributed by atoms with van der Waals surface area (Å²) in [7, 11) is 0. The maximum absolute atomic E-state index is 5.32. The number of nitrogens with zero attached hydrogens (tertiary/aromatic N) is 2. The third kappa shape index (κ3) is 4.14. The summed E-state index contributed by atoms with van der Waals surface area (Å²) in [5.74, 6) is 0.926. The number of pyridine rings is 2. The van der Waals surface area contributed by atoms with Gasteiger partial charge in [0.2, 0.25) is 0 Å². The second kappa shape index (κ2) is 5.40. The molecule has 0 unspecified atom stereocenters. The fourth-order valence-corrected chi connectivity index (χ4v) is 0.945. The molecule has 0 aliphatic heterocycles. The van der Waals surface area contributed by atoms with E-state index in [0.29, 0.717) is 23.0 Å². The van der Waals surface area contributed by atoms with Gasteiger partial charge in [0.15, 0.2) is 0 Å². The van der Waals surface area contributed by atoms with Gasteiger partial charge < -0.3 is 22.9 Å². The van der Waals surface area contributed by atoms with Crippen molar-refractivity contribution < 1.29 is 0 Å². The summed E-state index contributed by atoms with van der Waals surface area (Å²) in [6.07, 6.45) is 3.10. The molecule has 0 aliphatic rings. The molecule has 0 bridgehead atoms. The molecule has 6 nitrogen and oxygen atoms in total. The topological polar surface area (TPSA) is 130 Å². The van der Waals surface area contributed by atoms with Gasteiger partial charge >= 0.3 is 0 Å². The minimum Gasteiger partial charge on any atom is -0.397 e. The minimum absolute atomic E-state index is 0.463. The van der Waals surface area contributed by atoms with E-state index in [1.807, 2.05) is 0 Å². The van der Waals surface area contributed by atoms with Crippen molar-refractivity contribution in [2.75, 3.05) is 22.9 Å². The van der Waals surface area contributed by atoms with E-state index < -0.39 is 0 Å². The molecular weight excluding hydrogens is 204 g/mol. The van der Waals surface area contributed by atoms with Crippen LogP contribution < -0.4 is 22.9 Å². The lowest BCUT2D eigenvalue weighted by atomic mass is 10.4. The predicted octanol–water partition coefficient (Wildman–Crippen LogP) is 0.492. The van der Waals surface area contributed by atoms with Crippen molar-refractivity contribution >= 4 is 23.0 Å². The van der Waals surface area contributed by atoms with E-state index in [0.717, 1.165) is 0 Å². The predicted molar refractivity (Wildman–Crippen MR) is 66.1 cm³/mol. The van der Waals surface area contributed by atoms with Crippen LogP contribution in [0.5, 0.6) is 0 Å². The molecule has 0 aromatic carbocycles. The Hall–Kier alpha value is -2.50. The Morgan fingerprint density at radius 2 is 1.31 bits per heavy atom. The Morgan fingerprint density at radius 3 is 1.56 bits per heavy atom. The van der Waals surface area contributed by atoms with Crippen LogP contribution in [0.3, 0.4) is 0 Å². The second-order valence-corrected chi connectivity index (χ2v) is 3.04. The quantitative estimate of drug-likeness (QED) is 0.509. The van der Waals surface area contributed by atoms with E-state index in [-0.39, 0.29) is 0 Å². The maximum Gasteiger partial charge on any atom is 0.125 e. The molecule has 0 aliphatic carbocycles. The average molecular weight is 218 g/mol. The largest absolute Gasteiger partial charge is 0.397 e. The maximum atomic E-state index is 5.32. The highest BCUT2D eigenvalue weighted by atomic mass is 14.9. The van der Waals surface area contributed by atoms with Crippen molar-refractivity contribution in [2.24, 2.45) is 0 Å². The fraction of sp³-hybridized carbons (Fsp3) is 0. The molecule has 0 amide bonds. The summed E-state index contributed by atoms with van der Waals surface area (Å²) in [4.78, 5) is 7.46. The zero-order valence-corrected chi connectivity index (χ0v) is 8.67. The van der Waals surface area contributed by atoms with Gasteiger partial charge in [-0.25, -0.2) is 4.98 Å². The first-order valence-electron chi connectivity index (χ1n) is 4.52. The third-order valence-electron chi connectivity index (χ3n) is 1.57. The van der Waals surface area contributed by atoms with Crippen molar-refractivity contribution in [1.82, 2.24) is 9.97 Å². The van der Waals surface area contributed by atoms with Crippen molar-refractivity contribution in [3.05, 3.63) is 36.7 Å². The van der Waals surface area contributed by atoms with Crippen molar-refractivity contribution in [1.29, 1.82) is 0 Å². The highest BCUT2D eigenvalue weighted by Gasteiger charge is 1.83. The first-order valence-corrected chi connectivity index (χ1v) is 4.52. The van der Waals surface area contributed by atoms with E-state index in [1.54, 1.807) is 36.7 Å². The van der Waals surface area contributed by atoms with Crippen LogP contribution in [0.25, 0.3) is 0 Å². The molecule has 16 heavy (non-hydrogen) atoms. The number of nitrogen functional groups attached to an aromatic ring is 4. The van der Waals surface area contributed by atoms with Gasteiger partial charge in [0, 0.05) is 12.4 Å². The van der Waals surface area contributed by atoms with Crippen LogP contribution in [0.4, 0.5) is 23.0 Å². The molecule has 2 heterocycles. The molecule has 8 N–H and O–H groups in total.